The molecule has 0 aliphatic heterocycles. The Balaban J connectivity index is 1.39. The van der Waals surface area contributed by atoms with Gasteiger partial charge in [-0.3, -0.25) is 9.48 Å². The van der Waals surface area contributed by atoms with Crippen LogP contribution in [0, 0.1) is 13.8 Å². The lowest BCUT2D eigenvalue weighted by Crippen LogP contribution is -2.12. The number of benzene rings is 2. The molecule has 0 radical (unpaired) electrons. The number of nitrogens with one attached hydrogen (secondary N) is 1. The number of amides is 1. The van der Waals surface area contributed by atoms with Crippen LogP contribution >= 0.6 is 11.6 Å². The van der Waals surface area contributed by atoms with Crippen molar-refractivity contribution < 1.29 is 23.5 Å². The second-order valence-electron chi connectivity index (χ2n) is 7.82. The number of carbonyl (C=O) groups is 2. The second kappa shape index (κ2) is 10.5. The van der Waals surface area contributed by atoms with E-state index in [2.05, 4.69) is 15.2 Å². The molecule has 0 bridgehead atoms. The van der Waals surface area contributed by atoms with Gasteiger partial charge in [0.05, 0.1) is 36.3 Å². The Bertz CT molecular complexity index is 1360. The van der Waals surface area contributed by atoms with Crippen LogP contribution in [0.2, 0.25) is 5.02 Å². The molecule has 180 valence electrons. The van der Waals surface area contributed by atoms with E-state index in [1.54, 1.807) is 41.1 Å². The van der Waals surface area contributed by atoms with Crippen LogP contribution in [0.1, 0.15) is 43.6 Å². The number of anilines is 1. The van der Waals surface area contributed by atoms with E-state index >= 15 is 0 Å². The van der Waals surface area contributed by atoms with Crippen LogP contribution in [-0.2, 0) is 17.9 Å². The lowest BCUT2D eigenvalue weighted by molar-refractivity contribution is 0.0600. The third-order valence-corrected chi connectivity index (χ3v) is 5.81. The van der Waals surface area contributed by atoms with Crippen LogP contribution in [0.15, 0.2) is 65.1 Å². The van der Waals surface area contributed by atoms with Gasteiger partial charge in [0.25, 0.3) is 5.91 Å². The van der Waals surface area contributed by atoms with Crippen molar-refractivity contribution in [3.05, 3.63) is 99.7 Å². The number of hydrogen-bond acceptors (Lipinski definition) is 6. The maximum absolute atomic E-state index is 12.8. The molecule has 35 heavy (non-hydrogen) atoms. The third kappa shape index (κ3) is 5.55. The molecule has 2 aromatic heterocycles. The molecule has 0 spiro atoms. The van der Waals surface area contributed by atoms with Crippen molar-refractivity contribution in [1.29, 1.82) is 0 Å². The zero-order chi connectivity index (χ0) is 24.9. The number of aromatic nitrogens is 2. The Hall–Kier alpha value is -4.04. The number of methoxy groups -OCH3 is 1. The van der Waals surface area contributed by atoms with E-state index in [4.69, 9.17) is 20.8 Å². The molecule has 0 unspecified atom stereocenters. The van der Waals surface area contributed by atoms with Crippen LogP contribution in [0.5, 0.6) is 5.75 Å². The van der Waals surface area contributed by atoms with Crippen LogP contribution in [0.3, 0.4) is 0 Å². The molecule has 8 nitrogen and oxygen atoms in total. The predicted molar refractivity (Wildman–Crippen MR) is 131 cm³/mol. The molecule has 2 aromatic carbocycles. The lowest BCUT2D eigenvalue weighted by Gasteiger charge is -2.08. The lowest BCUT2D eigenvalue weighted by atomic mass is 10.2. The molecule has 0 aliphatic rings. The van der Waals surface area contributed by atoms with Crippen LogP contribution in [-0.4, -0.2) is 28.8 Å². The van der Waals surface area contributed by atoms with E-state index < -0.39 is 5.97 Å². The minimum atomic E-state index is -0.418. The molecule has 9 heteroatoms. The summed E-state index contributed by atoms with van der Waals surface area (Å²) in [6.45, 7) is 4.33. The fourth-order valence-electron chi connectivity index (χ4n) is 3.53. The third-order valence-electron chi connectivity index (χ3n) is 5.44. The summed E-state index contributed by atoms with van der Waals surface area (Å²) < 4.78 is 17.8. The Morgan fingerprint density at radius 3 is 2.51 bits per heavy atom. The van der Waals surface area contributed by atoms with Crippen LogP contribution in [0.25, 0.3) is 0 Å². The molecule has 1 amide bonds. The fraction of sp³-hybridized carbons (Fsp3) is 0.192. The second-order valence-corrected chi connectivity index (χ2v) is 8.23. The molecule has 1 N–H and O–H groups in total. The number of ether oxygens (including phenoxy) is 2. The monoisotopic (exact) mass is 493 g/mol. The predicted octanol–water partition coefficient (Wildman–Crippen LogP) is 5.41. The van der Waals surface area contributed by atoms with Crippen molar-refractivity contribution >= 4 is 29.2 Å². The van der Waals surface area contributed by atoms with E-state index in [9.17, 15) is 9.59 Å². The van der Waals surface area contributed by atoms with Gasteiger partial charge in [-0.1, -0.05) is 29.8 Å². The standard InChI is InChI=1S/C26H24ClN3O5/c1-16-24(17(2)30(29-16)14-19-6-4-5-7-22(19)27)28-25(31)23-13-12-21(35-23)15-34-20-10-8-18(9-11-20)26(32)33-3/h4-13H,14-15H2,1-3H3,(H,28,31). The first kappa shape index (κ1) is 24.1. The zero-order valence-electron chi connectivity index (χ0n) is 19.5. The van der Waals surface area contributed by atoms with Crippen molar-refractivity contribution in [3.63, 3.8) is 0 Å². The number of rotatable bonds is 8. The first-order valence-electron chi connectivity index (χ1n) is 10.8. The van der Waals surface area contributed by atoms with E-state index in [0.717, 1.165) is 11.3 Å². The fourth-order valence-corrected chi connectivity index (χ4v) is 3.73. The van der Waals surface area contributed by atoms with Gasteiger partial charge < -0.3 is 19.2 Å². The molecule has 2 heterocycles. The van der Waals surface area contributed by atoms with Gasteiger partial charge in [0.2, 0.25) is 0 Å². The Labute approximate surface area is 207 Å². The first-order valence-corrected chi connectivity index (χ1v) is 11.2. The molecule has 4 aromatic rings. The van der Waals surface area contributed by atoms with Crippen molar-refractivity contribution in [3.8, 4) is 5.75 Å². The van der Waals surface area contributed by atoms with E-state index in [-0.39, 0.29) is 18.3 Å². The van der Waals surface area contributed by atoms with E-state index in [1.807, 2.05) is 38.1 Å². The number of furan rings is 1. The summed E-state index contributed by atoms with van der Waals surface area (Å²) in [6.07, 6.45) is 0. The molecule has 0 fully saturated rings. The highest BCUT2D eigenvalue weighted by molar-refractivity contribution is 6.31. The smallest absolute Gasteiger partial charge is 0.337 e. The summed E-state index contributed by atoms with van der Waals surface area (Å²) in [5.41, 5.74) is 3.49. The highest BCUT2D eigenvalue weighted by atomic mass is 35.5. The molecular weight excluding hydrogens is 470 g/mol. The number of nitrogens with zero attached hydrogens (tertiary/aromatic N) is 2. The Morgan fingerprint density at radius 1 is 1.06 bits per heavy atom. The first-order chi connectivity index (χ1) is 16.9. The number of aryl methyl sites for hydroxylation is 1. The quantitative estimate of drug-likeness (QED) is 0.330. The average Bonchev–Trinajstić information content (AvgIpc) is 3.44. The van der Waals surface area contributed by atoms with Gasteiger partial charge in [-0.05, 0) is 61.9 Å². The minimum absolute atomic E-state index is 0.124. The molecule has 0 atom stereocenters. The Kier molecular flexibility index (Phi) is 7.22. The zero-order valence-corrected chi connectivity index (χ0v) is 20.3. The van der Waals surface area contributed by atoms with Crippen molar-refractivity contribution in [2.45, 2.75) is 27.0 Å². The SMILES string of the molecule is COC(=O)c1ccc(OCc2ccc(C(=O)Nc3c(C)nn(Cc4ccccc4Cl)c3C)o2)cc1. The molecular formula is C26H24ClN3O5. The summed E-state index contributed by atoms with van der Waals surface area (Å²) in [5.74, 6) is 0.384. The highest BCUT2D eigenvalue weighted by Crippen LogP contribution is 2.24. The van der Waals surface area contributed by atoms with Gasteiger partial charge in [0, 0.05) is 5.02 Å². The average molecular weight is 494 g/mol. The summed E-state index contributed by atoms with van der Waals surface area (Å²) in [4.78, 5) is 24.3. The van der Waals surface area contributed by atoms with E-state index in [1.165, 1.54) is 7.11 Å². The van der Waals surface area contributed by atoms with Crippen molar-refractivity contribution in [2.24, 2.45) is 0 Å². The van der Waals surface area contributed by atoms with Crippen LogP contribution < -0.4 is 10.1 Å². The minimum Gasteiger partial charge on any atom is -0.486 e. The normalized spacial score (nSPS) is 10.7. The maximum Gasteiger partial charge on any atom is 0.337 e. The van der Waals surface area contributed by atoms with Crippen molar-refractivity contribution in [1.82, 2.24) is 9.78 Å². The summed E-state index contributed by atoms with van der Waals surface area (Å²) in [7, 11) is 1.33. The van der Waals surface area contributed by atoms with Gasteiger partial charge in [-0.25, -0.2) is 4.79 Å². The molecule has 0 saturated carbocycles. The van der Waals surface area contributed by atoms with Gasteiger partial charge in [0.15, 0.2) is 5.76 Å². The summed E-state index contributed by atoms with van der Waals surface area (Å²) in [5, 5.41) is 8.10. The molecule has 4 rings (SSSR count). The molecule has 0 saturated heterocycles. The van der Waals surface area contributed by atoms with E-state index in [0.29, 0.717) is 40.0 Å². The van der Waals surface area contributed by atoms with Gasteiger partial charge in [-0.15, -0.1) is 0 Å². The van der Waals surface area contributed by atoms with Gasteiger partial charge >= 0.3 is 5.97 Å². The largest absolute Gasteiger partial charge is 0.486 e. The topological polar surface area (TPSA) is 95.6 Å². The number of halogens is 1. The Morgan fingerprint density at radius 2 is 1.80 bits per heavy atom. The summed E-state index contributed by atoms with van der Waals surface area (Å²) in [6, 6.07) is 17.4. The van der Waals surface area contributed by atoms with Crippen molar-refractivity contribution in [2.75, 3.05) is 12.4 Å². The number of hydrogen-bond donors (Lipinski definition) is 1. The number of esters is 1. The van der Waals surface area contributed by atoms with Gasteiger partial charge in [-0.2, -0.15) is 5.10 Å². The number of carbonyl (C=O) groups excluding carboxylic acids is 2. The summed E-state index contributed by atoms with van der Waals surface area (Å²) >= 11 is 6.28. The maximum atomic E-state index is 12.8. The van der Waals surface area contributed by atoms with Crippen LogP contribution in [0.4, 0.5) is 5.69 Å². The molecule has 0 aliphatic carbocycles. The highest BCUT2D eigenvalue weighted by Gasteiger charge is 2.18. The van der Waals surface area contributed by atoms with Gasteiger partial charge in [0.1, 0.15) is 18.1 Å².